The Balaban J connectivity index is 1.66. The summed E-state index contributed by atoms with van der Waals surface area (Å²) in [6.07, 6.45) is 11.2. The number of rotatable bonds is 5. The lowest BCUT2D eigenvalue weighted by atomic mass is 9.95. The molecule has 27 heavy (non-hydrogen) atoms. The molecule has 0 aromatic carbocycles. The second-order valence-corrected chi connectivity index (χ2v) is 8.49. The van der Waals surface area contributed by atoms with E-state index in [1.54, 1.807) is 11.3 Å². The highest BCUT2D eigenvalue weighted by Crippen LogP contribution is 2.36. The number of aryl methyl sites for hydroxylation is 1. The fourth-order valence-electron chi connectivity index (χ4n) is 3.91. The number of nitrogens with one attached hydrogen (secondary N) is 2. The minimum absolute atomic E-state index is 0.361. The highest BCUT2D eigenvalue weighted by atomic mass is 32.1. The van der Waals surface area contributed by atoms with Gasteiger partial charge in [0, 0.05) is 49.9 Å². The number of hydrogen-bond acceptors (Lipinski definition) is 6. The molecule has 0 amide bonds. The van der Waals surface area contributed by atoms with Gasteiger partial charge in [-0.25, -0.2) is 4.98 Å². The van der Waals surface area contributed by atoms with E-state index in [-0.39, 0.29) is 0 Å². The van der Waals surface area contributed by atoms with E-state index in [4.69, 9.17) is 6.42 Å². The first-order chi connectivity index (χ1) is 13.1. The Labute approximate surface area is 163 Å². The van der Waals surface area contributed by atoms with E-state index < -0.39 is 0 Å². The smallest absolute Gasteiger partial charge is 0.151 e. The zero-order valence-electron chi connectivity index (χ0n) is 15.7. The van der Waals surface area contributed by atoms with Gasteiger partial charge in [-0.15, -0.1) is 22.5 Å². The second kappa shape index (κ2) is 7.67. The number of piperidine rings is 1. The minimum Gasteiger partial charge on any atom is -0.380 e. The Bertz CT molecular complexity index is 968. The highest BCUT2D eigenvalue weighted by Gasteiger charge is 2.26. The quantitative estimate of drug-likeness (QED) is 0.663. The van der Waals surface area contributed by atoms with E-state index in [1.165, 1.54) is 0 Å². The van der Waals surface area contributed by atoms with Crippen molar-refractivity contribution in [2.45, 2.75) is 32.7 Å². The van der Waals surface area contributed by atoms with Gasteiger partial charge in [0.05, 0.1) is 11.3 Å². The second-order valence-electron chi connectivity index (χ2n) is 7.31. The highest BCUT2D eigenvalue weighted by molar-refractivity contribution is 7.14. The van der Waals surface area contributed by atoms with Gasteiger partial charge in [-0.3, -0.25) is 0 Å². The maximum Gasteiger partial charge on any atom is 0.151 e. The monoisotopic (exact) mass is 380 g/mol. The summed E-state index contributed by atoms with van der Waals surface area (Å²) in [5, 5.41) is 15.3. The lowest BCUT2D eigenvalue weighted by Gasteiger charge is -2.37. The molecule has 0 aliphatic carbocycles. The molecular weight excluding hydrogens is 356 g/mol. The average Bonchev–Trinajstić information content (AvgIpc) is 3.29. The van der Waals surface area contributed by atoms with Crippen molar-refractivity contribution in [1.82, 2.24) is 25.1 Å². The minimum atomic E-state index is 0.361. The van der Waals surface area contributed by atoms with Gasteiger partial charge in [-0.2, -0.15) is 0 Å². The average molecular weight is 381 g/mol. The van der Waals surface area contributed by atoms with Crippen molar-refractivity contribution >= 4 is 28.1 Å². The van der Waals surface area contributed by atoms with Crippen LogP contribution in [0.3, 0.4) is 0 Å². The van der Waals surface area contributed by atoms with E-state index in [0.29, 0.717) is 12.0 Å². The first-order valence-electron chi connectivity index (χ1n) is 9.33. The van der Waals surface area contributed by atoms with Crippen LogP contribution in [0.15, 0.2) is 18.5 Å². The number of fused-ring (bicyclic) bond motifs is 1. The molecule has 0 radical (unpaired) electrons. The lowest BCUT2D eigenvalue weighted by Crippen LogP contribution is -2.45. The molecule has 0 saturated carbocycles. The number of aromatic amines is 1. The fraction of sp³-hybridized carbons (Fsp3) is 0.450. The van der Waals surface area contributed by atoms with Crippen LogP contribution in [0.1, 0.15) is 24.8 Å². The molecule has 4 heterocycles. The Morgan fingerprint density at radius 2 is 2.30 bits per heavy atom. The van der Waals surface area contributed by atoms with E-state index in [0.717, 1.165) is 64.8 Å². The summed E-state index contributed by atoms with van der Waals surface area (Å²) in [4.78, 5) is 10.2. The van der Waals surface area contributed by atoms with Crippen LogP contribution in [0.5, 0.6) is 0 Å². The van der Waals surface area contributed by atoms with Gasteiger partial charge in [0.2, 0.25) is 0 Å². The molecular formula is C20H24N6S. The van der Waals surface area contributed by atoms with Crippen molar-refractivity contribution < 1.29 is 0 Å². The first kappa shape index (κ1) is 18.0. The zero-order chi connectivity index (χ0) is 18.8. The topological polar surface area (TPSA) is 69.7 Å². The third-order valence-corrected chi connectivity index (χ3v) is 5.87. The number of pyridine rings is 1. The maximum absolute atomic E-state index is 5.46. The van der Waals surface area contributed by atoms with Gasteiger partial charge in [0.1, 0.15) is 10.7 Å². The molecule has 2 N–H and O–H groups in total. The van der Waals surface area contributed by atoms with Gasteiger partial charge in [-0.1, -0.05) is 18.3 Å². The van der Waals surface area contributed by atoms with Crippen LogP contribution in [-0.4, -0.2) is 50.7 Å². The van der Waals surface area contributed by atoms with Crippen LogP contribution in [0, 0.1) is 25.2 Å². The van der Waals surface area contributed by atoms with Crippen LogP contribution >= 0.6 is 11.3 Å². The van der Waals surface area contributed by atoms with Crippen LogP contribution in [-0.2, 0) is 0 Å². The van der Waals surface area contributed by atoms with Crippen molar-refractivity contribution in [2.75, 3.05) is 25.0 Å². The SMILES string of the molecule is C#CCCN1C[C@@H](C)C[C@@H](Nc2c(-c3nnc(C)s3)cnc3[nH]ccc23)C1. The molecule has 140 valence electrons. The zero-order valence-corrected chi connectivity index (χ0v) is 16.5. The molecule has 3 aromatic heterocycles. The van der Waals surface area contributed by atoms with Crippen molar-refractivity contribution in [2.24, 2.45) is 5.92 Å². The van der Waals surface area contributed by atoms with E-state index in [9.17, 15) is 0 Å². The summed E-state index contributed by atoms with van der Waals surface area (Å²) in [5.41, 5.74) is 2.99. The van der Waals surface area contributed by atoms with Crippen molar-refractivity contribution in [1.29, 1.82) is 0 Å². The van der Waals surface area contributed by atoms with E-state index in [2.05, 4.69) is 49.3 Å². The van der Waals surface area contributed by atoms with Gasteiger partial charge in [0.15, 0.2) is 5.01 Å². The van der Waals surface area contributed by atoms with Gasteiger partial charge < -0.3 is 15.2 Å². The summed E-state index contributed by atoms with van der Waals surface area (Å²) >= 11 is 1.60. The Kier molecular flexibility index (Phi) is 5.10. The standard InChI is InChI=1S/C20H24N6S/c1-4-5-8-26-11-13(2)9-15(12-26)23-18-16-6-7-21-19(16)22-10-17(18)20-25-24-14(3)27-20/h1,6-7,10,13,15H,5,8-9,11-12H2,2-3H3,(H2,21,22,23)/t13-,15+/m0/s1. The molecule has 4 rings (SSSR count). The van der Waals surface area contributed by atoms with Crippen LogP contribution in [0.2, 0.25) is 0 Å². The summed E-state index contributed by atoms with van der Waals surface area (Å²) in [6.45, 7) is 7.34. The number of terminal acetylenes is 1. The Hall–Kier alpha value is -2.43. The largest absolute Gasteiger partial charge is 0.380 e. The third-order valence-electron chi connectivity index (χ3n) is 5.00. The van der Waals surface area contributed by atoms with Crippen molar-refractivity contribution in [3.63, 3.8) is 0 Å². The van der Waals surface area contributed by atoms with Crippen molar-refractivity contribution in [3.05, 3.63) is 23.5 Å². The molecule has 1 saturated heterocycles. The van der Waals surface area contributed by atoms with Gasteiger partial charge in [-0.05, 0) is 25.3 Å². The summed E-state index contributed by atoms with van der Waals surface area (Å²) in [5.74, 6) is 3.39. The molecule has 3 aromatic rings. The first-order valence-corrected chi connectivity index (χ1v) is 10.1. The van der Waals surface area contributed by atoms with E-state index in [1.807, 2.05) is 19.3 Å². The number of nitrogens with zero attached hydrogens (tertiary/aromatic N) is 4. The van der Waals surface area contributed by atoms with E-state index >= 15 is 0 Å². The molecule has 6 nitrogen and oxygen atoms in total. The number of hydrogen-bond donors (Lipinski definition) is 2. The number of H-pyrrole nitrogens is 1. The van der Waals surface area contributed by atoms with Crippen molar-refractivity contribution in [3.8, 4) is 22.9 Å². The summed E-state index contributed by atoms with van der Waals surface area (Å²) < 4.78 is 0. The predicted octanol–water partition coefficient (Wildman–Crippen LogP) is 3.54. The third kappa shape index (κ3) is 3.82. The predicted molar refractivity (Wildman–Crippen MR) is 111 cm³/mol. The molecule has 1 fully saturated rings. The molecule has 7 heteroatoms. The normalized spacial score (nSPS) is 20.6. The number of aromatic nitrogens is 4. The molecule has 0 spiro atoms. The maximum atomic E-state index is 5.46. The Morgan fingerprint density at radius 1 is 1.41 bits per heavy atom. The van der Waals surface area contributed by atoms with Gasteiger partial charge in [0.25, 0.3) is 0 Å². The molecule has 0 unspecified atom stereocenters. The molecule has 1 aliphatic heterocycles. The Morgan fingerprint density at radius 3 is 3.07 bits per heavy atom. The molecule has 1 aliphatic rings. The van der Waals surface area contributed by atoms with Gasteiger partial charge >= 0.3 is 0 Å². The number of likely N-dealkylation sites (tertiary alicyclic amines) is 1. The number of anilines is 1. The lowest BCUT2D eigenvalue weighted by molar-refractivity contribution is 0.176. The molecule has 0 bridgehead atoms. The molecule has 2 atom stereocenters. The summed E-state index contributed by atoms with van der Waals surface area (Å²) in [7, 11) is 0. The van der Waals surface area contributed by atoms with Crippen LogP contribution in [0.25, 0.3) is 21.6 Å². The summed E-state index contributed by atoms with van der Waals surface area (Å²) in [6, 6.07) is 2.43. The fourth-order valence-corrected chi connectivity index (χ4v) is 4.61. The van der Waals surface area contributed by atoms with Crippen LogP contribution in [0.4, 0.5) is 5.69 Å². The van der Waals surface area contributed by atoms with Crippen LogP contribution < -0.4 is 5.32 Å².